The van der Waals surface area contributed by atoms with Gasteiger partial charge >= 0.3 is 5.97 Å². The third-order valence-corrected chi connectivity index (χ3v) is 4.44. The van der Waals surface area contributed by atoms with Crippen molar-refractivity contribution in [1.29, 1.82) is 0 Å². The van der Waals surface area contributed by atoms with Gasteiger partial charge < -0.3 is 8.85 Å². The van der Waals surface area contributed by atoms with Crippen LogP contribution in [-0.4, -0.2) is 22.6 Å². The number of carbonyl (C=O) groups excluding carboxylic acids is 1. The summed E-state index contributed by atoms with van der Waals surface area (Å²) in [5, 5.41) is 0. The average Bonchev–Trinajstić information content (AvgIpc) is 2.25. The number of rotatable bonds is 5. The van der Waals surface area contributed by atoms with Gasteiger partial charge in [-0.25, -0.2) is 4.79 Å². The topological polar surface area (TPSA) is 35.5 Å². The molecule has 3 nitrogen and oxygen atoms in total. The van der Waals surface area contributed by atoms with Gasteiger partial charge in [0, 0.05) is 0 Å². The minimum Gasteiger partial charge on any atom is -0.518 e. The van der Waals surface area contributed by atoms with Gasteiger partial charge in [-0.15, -0.1) is 0 Å². The zero-order chi connectivity index (χ0) is 15.6. The van der Waals surface area contributed by atoms with Crippen molar-refractivity contribution in [3.63, 3.8) is 0 Å². The van der Waals surface area contributed by atoms with E-state index in [-0.39, 0.29) is 5.97 Å². The van der Waals surface area contributed by atoms with E-state index in [1.807, 2.05) is 56.9 Å². The minimum atomic E-state index is -1.95. The second-order valence-corrected chi connectivity index (χ2v) is 16.0. The quantitative estimate of drug-likeness (QED) is 0.767. The molecule has 0 bridgehead atoms. The van der Waals surface area contributed by atoms with E-state index in [0.717, 1.165) is 5.56 Å². The molecule has 0 aromatic heterocycles. The number of hydrogen-bond acceptors (Lipinski definition) is 3. The van der Waals surface area contributed by atoms with Gasteiger partial charge in [0.1, 0.15) is 0 Å². The maximum absolute atomic E-state index is 12.7. The van der Waals surface area contributed by atoms with Gasteiger partial charge in [0.25, 0.3) is 0 Å². The Balaban J connectivity index is 3.18. The van der Waals surface area contributed by atoms with Crippen LogP contribution in [0.4, 0.5) is 0 Å². The fourth-order valence-electron chi connectivity index (χ4n) is 1.96. The summed E-state index contributed by atoms with van der Waals surface area (Å²) in [6.45, 7) is 14.1. The lowest BCUT2D eigenvalue weighted by Crippen LogP contribution is -2.48. The molecule has 0 amide bonds. The molecular weight excluding hydrogens is 284 g/mol. The molecule has 0 aliphatic heterocycles. The summed E-state index contributed by atoms with van der Waals surface area (Å²) in [5.41, 5.74) is -0.169. The Morgan fingerprint density at radius 1 is 0.950 bits per heavy atom. The van der Waals surface area contributed by atoms with E-state index in [9.17, 15) is 4.79 Å². The molecule has 5 heteroatoms. The third-order valence-electron chi connectivity index (χ3n) is 2.62. The predicted octanol–water partition coefficient (Wildman–Crippen LogP) is 4.13. The second kappa shape index (κ2) is 5.83. The SMILES string of the molecule is CC(O[Si](C)(C)C)(C(=O)O[Si](C)(C)C)c1ccccc1. The van der Waals surface area contributed by atoms with Crippen LogP contribution in [0.5, 0.6) is 0 Å². The molecule has 1 unspecified atom stereocenters. The van der Waals surface area contributed by atoms with Crippen molar-refractivity contribution in [2.24, 2.45) is 0 Å². The highest BCUT2D eigenvalue weighted by Gasteiger charge is 2.43. The molecule has 0 aliphatic carbocycles. The van der Waals surface area contributed by atoms with Crippen LogP contribution in [0, 0.1) is 0 Å². The van der Waals surface area contributed by atoms with Gasteiger partial charge in [-0.2, -0.15) is 0 Å². The number of benzene rings is 1. The Kier molecular flexibility index (Phi) is 5.00. The molecule has 0 heterocycles. The molecule has 0 aliphatic rings. The van der Waals surface area contributed by atoms with Gasteiger partial charge in [0.2, 0.25) is 8.32 Å². The van der Waals surface area contributed by atoms with E-state index < -0.39 is 22.2 Å². The second-order valence-electron chi connectivity index (χ2n) is 7.12. The molecule has 0 spiro atoms. The van der Waals surface area contributed by atoms with Gasteiger partial charge in [-0.1, -0.05) is 30.3 Å². The predicted molar refractivity (Wildman–Crippen MR) is 87.7 cm³/mol. The molecule has 20 heavy (non-hydrogen) atoms. The van der Waals surface area contributed by atoms with E-state index in [0.29, 0.717) is 0 Å². The summed E-state index contributed by atoms with van der Waals surface area (Å²) in [6.07, 6.45) is 0. The zero-order valence-electron chi connectivity index (χ0n) is 13.6. The molecule has 0 N–H and O–H groups in total. The van der Waals surface area contributed by atoms with Crippen LogP contribution in [0.1, 0.15) is 12.5 Å². The highest BCUT2D eigenvalue weighted by atomic mass is 28.4. The van der Waals surface area contributed by atoms with Crippen molar-refractivity contribution < 1.29 is 13.6 Å². The van der Waals surface area contributed by atoms with Gasteiger partial charge in [-0.05, 0) is 51.8 Å². The first kappa shape index (κ1) is 17.1. The van der Waals surface area contributed by atoms with Crippen LogP contribution < -0.4 is 0 Å². The monoisotopic (exact) mass is 310 g/mol. The minimum absolute atomic E-state index is 0.273. The number of carbonyl (C=O) groups is 1. The van der Waals surface area contributed by atoms with E-state index in [1.165, 1.54) is 0 Å². The van der Waals surface area contributed by atoms with Crippen molar-refractivity contribution in [2.45, 2.75) is 51.8 Å². The summed E-state index contributed by atoms with van der Waals surface area (Å²) < 4.78 is 11.9. The van der Waals surface area contributed by atoms with Crippen LogP contribution in [0.2, 0.25) is 39.3 Å². The van der Waals surface area contributed by atoms with Gasteiger partial charge in [0.15, 0.2) is 13.9 Å². The highest BCUT2D eigenvalue weighted by Crippen LogP contribution is 2.31. The van der Waals surface area contributed by atoms with Gasteiger partial charge in [-0.3, -0.25) is 0 Å². The van der Waals surface area contributed by atoms with Crippen LogP contribution in [0.25, 0.3) is 0 Å². The van der Waals surface area contributed by atoms with Crippen LogP contribution in [0.3, 0.4) is 0 Å². The summed E-state index contributed by atoms with van der Waals surface area (Å²) >= 11 is 0. The molecule has 1 atom stereocenters. The van der Waals surface area contributed by atoms with Crippen molar-refractivity contribution in [2.75, 3.05) is 0 Å². The summed E-state index contributed by atoms with van der Waals surface area (Å²) in [5.74, 6) is -0.273. The molecule has 0 fully saturated rings. The summed E-state index contributed by atoms with van der Waals surface area (Å²) in [6, 6.07) is 9.62. The zero-order valence-corrected chi connectivity index (χ0v) is 15.6. The van der Waals surface area contributed by atoms with Crippen LogP contribution in [0.15, 0.2) is 30.3 Å². The van der Waals surface area contributed by atoms with Crippen LogP contribution >= 0.6 is 0 Å². The molecular formula is C15H26O3Si2. The first-order valence-corrected chi connectivity index (χ1v) is 13.7. The highest BCUT2D eigenvalue weighted by molar-refractivity contribution is 6.71. The Morgan fingerprint density at radius 3 is 1.85 bits per heavy atom. The van der Waals surface area contributed by atoms with Crippen molar-refractivity contribution in [3.05, 3.63) is 35.9 Å². The normalized spacial score (nSPS) is 15.6. The molecule has 0 radical (unpaired) electrons. The average molecular weight is 311 g/mol. The lowest BCUT2D eigenvalue weighted by molar-refractivity contribution is -0.153. The fraction of sp³-hybridized carbons (Fsp3) is 0.533. The first-order chi connectivity index (χ1) is 8.94. The third kappa shape index (κ3) is 4.88. The Labute approximate surface area is 124 Å². The number of hydrogen-bond donors (Lipinski definition) is 0. The summed E-state index contributed by atoms with van der Waals surface area (Å²) in [4.78, 5) is 12.7. The fourth-order valence-corrected chi connectivity index (χ4v) is 4.14. The standard InChI is InChI=1S/C15H26O3Si2/c1-15(18-20(5,6)7,13-11-9-8-10-12-13)14(16)17-19(2,3)4/h8-12H,1-7H3. The van der Waals surface area contributed by atoms with Crippen molar-refractivity contribution >= 4 is 22.6 Å². The Morgan fingerprint density at radius 2 is 1.45 bits per heavy atom. The Bertz CT molecular complexity index is 460. The molecule has 0 saturated carbocycles. The maximum Gasteiger partial charge on any atom is 0.328 e. The smallest absolute Gasteiger partial charge is 0.328 e. The largest absolute Gasteiger partial charge is 0.518 e. The molecule has 0 saturated heterocycles. The van der Waals surface area contributed by atoms with Crippen LogP contribution in [-0.2, 0) is 19.2 Å². The first-order valence-electron chi connectivity index (χ1n) is 6.93. The van der Waals surface area contributed by atoms with E-state index in [4.69, 9.17) is 8.85 Å². The van der Waals surface area contributed by atoms with E-state index >= 15 is 0 Å². The molecule has 1 aromatic carbocycles. The Hall–Kier alpha value is -0.916. The van der Waals surface area contributed by atoms with Crippen molar-refractivity contribution in [3.8, 4) is 0 Å². The maximum atomic E-state index is 12.7. The van der Waals surface area contributed by atoms with Crippen molar-refractivity contribution in [1.82, 2.24) is 0 Å². The van der Waals surface area contributed by atoms with Gasteiger partial charge in [0.05, 0.1) is 0 Å². The van der Waals surface area contributed by atoms with E-state index in [1.54, 1.807) is 0 Å². The van der Waals surface area contributed by atoms with E-state index in [2.05, 4.69) is 19.6 Å². The molecule has 112 valence electrons. The summed E-state index contributed by atoms with van der Waals surface area (Å²) in [7, 11) is -3.85. The lowest BCUT2D eigenvalue weighted by atomic mass is 9.97. The molecule has 1 aromatic rings. The molecule has 1 rings (SSSR count). The lowest BCUT2D eigenvalue weighted by Gasteiger charge is -2.36.